The number of hydrogen-bond acceptors (Lipinski definition) is 4. The highest BCUT2D eigenvalue weighted by atomic mass is 16.4. The predicted molar refractivity (Wildman–Crippen MR) is 129 cm³/mol. The molecule has 1 fully saturated rings. The third-order valence-electron chi connectivity index (χ3n) is 6.10. The molecule has 0 amide bonds. The molecule has 3 aromatic rings. The minimum absolute atomic E-state index is 0.419. The van der Waals surface area contributed by atoms with Crippen LogP contribution >= 0.6 is 0 Å². The quantitative estimate of drug-likeness (QED) is 0.450. The van der Waals surface area contributed by atoms with Crippen molar-refractivity contribution in [2.45, 2.75) is 45.8 Å². The lowest BCUT2D eigenvalue weighted by molar-refractivity contribution is 0.198. The predicted octanol–water partition coefficient (Wildman–Crippen LogP) is 4.29. The number of nitrogens with one attached hydrogen (secondary N) is 2. The second-order valence-corrected chi connectivity index (χ2v) is 8.53. The molecule has 2 heterocycles. The Balaban J connectivity index is 1.23. The summed E-state index contributed by atoms with van der Waals surface area (Å²) in [7, 11) is 1.80. The summed E-state index contributed by atoms with van der Waals surface area (Å²) in [6.45, 7) is 7.96. The monoisotopic (exact) mass is 431 g/mol. The molecule has 1 aromatic heterocycles. The highest BCUT2D eigenvalue weighted by molar-refractivity contribution is 5.79. The van der Waals surface area contributed by atoms with Crippen molar-refractivity contribution in [3.8, 4) is 11.3 Å². The van der Waals surface area contributed by atoms with Crippen LogP contribution in [-0.2, 0) is 13.1 Å². The number of guanidine groups is 1. The van der Waals surface area contributed by atoms with Crippen molar-refractivity contribution >= 4 is 5.96 Å². The zero-order valence-corrected chi connectivity index (χ0v) is 19.3. The third kappa shape index (κ3) is 5.77. The van der Waals surface area contributed by atoms with Crippen molar-refractivity contribution in [2.75, 3.05) is 20.1 Å². The summed E-state index contributed by atoms with van der Waals surface area (Å²) in [5, 5.41) is 6.89. The van der Waals surface area contributed by atoms with Crippen LogP contribution in [0.2, 0.25) is 0 Å². The van der Waals surface area contributed by atoms with Crippen molar-refractivity contribution < 1.29 is 4.42 Å². The van der Waals surface area contributed by atoms with Gasteiger partial charge < -0.3 is 15.1 Å². The molecule has 4 rings (SSSR count). The van der Waals surface area contributed by atoms with Crippen molar-refractivity contribution in [3.05, 3.63) is 77.3 Å². The first-order chi connectivity index (χ1) is 15.6. The third-order valence-corrected chi connectivity index (χ3v) is 6.10. The van der Waals surface area contributed by atoms with Gasteiger partial charge in [-0.15, -0.1) is 0 Å². The Morgan fingerprint density at radius 3 is 2.56 bits per heavy atom. The number of aryl methyl sites for hydroxylation is 2. The number of oxazole rings is 1. The number of aliphatic imine (C=N–C) groups is 1. The molecule has 1 aliphatic heterocycles. The first-order valence-electron chi connectivity index (χ1n) is 11.4. The molecule has 0 saturated carbocycles. The van der Waals surface area contributed by atoms with E-state index in [1.165, 1.54) is 16.7 Å². The Kier molecular flexibility index (Phi) is 7.22. The van der Waals surface area contributed by atoms with Crippen LogP contribution in [0.3, 0.4) is 0 Å². The average Bonchev–Trinajstić information content (AvgIpc) is 3.29. The molecule has 0 atom stereocenters. The summed E-state index contributed by atoms with van der Waals surface area (Å²) in [5.41, 5.74) is 5.06. The van der Waals surface area contributed by atoms with Gasteiger partial charge in [-0.1, -0.05) is 54.1 Å². The standard InChI is InChI=1S/C26H33N5O/c1-19-8-10-21(11-9-19)24-16-28-25(32-24)17-29-26(27-3)30-23-12-14-31(15-13-23)18-22-7-5-4-6-20(22)2/h4-11,16,23H,12-15,17-18H2,1-3H3,(H2,27,29,30). The summed E-state index contributed by atoms with van der Waals surface area (Å²) < 4.78 is 5.91. The summed E-state index contributed by atoms with van der Waals surface area (Å²) in [5.74, 6) is 2.22. The number of rotatable bonds is 6. The van der Waals surface area contributed by atoms with Gasteiger partial charge >= 0.3 is 0 Å². The van der Waals surface area contributed by atoms with Gasteiger partial charge in [0.2, 0.25) is 5.89 Å². The largest absolute Gasteiger partial charge is 0.439 e. The van der Waals surface area contributed by atoms with Crippen LogP contribution in [0.4, 0.5) is 0 Å². The van der Waals surface area contributed by atoms with Crippen LogP contribution in [0.25, 0.3) is 11.3 Å². The van der Waals surface area contributed by atoms with Gasteiger partial charge in [-0.25, -0.2) is 4.98 Å². The number of nitrogens with zero attached hydrogens (tertiary/aromatic N) is 3. The van der Waals surface area contributed by atoms with Crippen molar-refractivity contribution in [2.24, 2.45) is 4.99 Å². The van der Waals surface area contributed by atoms with E-state index < -0.39 is 0 Å². The zero-order chi connectivity index (χ0) is 22.3. The molecule has 0 unspecified atom stereocenters. The maximum Gasteiger partial charge on any atom is 0.214 e. The van der Waals surface area contributed by atoms with E-state index in [-0.39, 0.29) is 0 Å². The van der Waals surface area contributed by atoms with Gasteiger partial charge in [0.15, 0.2) is 11.7 Å². The molecule has 2 aromatic carbocycles. The fourth-order valence-electron chi connectivity index (χ4n) is 4.05. The van der Waals surface area contributed by atoms with Crippen LogP contribution < -0.4 is 10.6 Å². The lowest BCUT2D eigenvalue weighted by Gasteiger charge is -2.33. The van der Waals surface area contributed by atoms with E-state index in [1.54, 1.807) is 13.2 Å². The van der Waals surface area contributed by atoms with Gasteiger partial charge in [0.25, 0.3) is 0 Å². The molecule has 0 aliphatic carbocycles. The normalized spacial score (nSPS) is 15.7. The smallest absolute Gasteiger partial charge is 0.214 e. The maximum absolute atomic E-state index is 5.91. The SMILES string of the molecule is CN=C(NCc1ncc(-c2ccc(C)cc2)o1)NC1CCN(Cc2ccccc2C)CC1. The van der Waals surface area contributed by atoms with E-state index in [4.69, 9.17) is 4.42 Å². The fourth-order valence-corrected chi connectivity index (χ4v) is 4.05. The van der Waals surface area contributed by atoms with E-state index in [0.717, 1.165) is 49.8 Å². The van der Waals surface area contributed by atoms with E-state index >= 15 is 0 Å². The van der Waals surface area contributed by atoms with Gasteiger partial charge in [-0.2, -0.15) is 0 Å². The Labute approximate surface area is 190 Å². The second kappa shape index (κ2) is 10.5. The summed E-state index contributed by atoms with van der Waals surface area (Å²) >= 11 is 0. The first-order valence-corrected chi connectivity index (χ1v) is 11.4. The van der Waals surface area contributed by atoms with Crippen molar-refractivity contribution in [3.63, 3.8) is 0 Å². The minimum Gasteiger partial charge on any atom is -0.439 e. The molecule has 1 aliphatic rings. The Morgan fingerprint density at radius 2 is 1.84 bits per heavy atom. The topological polar surface area (TPSA) is 65.7 Å². The molecule has 168 valence electrons. The summed E-state index contributed by atoms with van der Waals surface area (Å²) in [6, 6.07) is 17.3. The number of benzene rings is 2. The molecule has 0 radical (unpaired) electrons. The summed E-state index contributed by atoms with van der Waals surface area (Å²) in [6.07, 6.45) is 3.98. The van der Waals surface area contributed by atoms with Gasteiger partial charge in [0.05, 0.1) is 12.7 Å². The molecular weight excluding hydrogens is 398 g/mol. The van der Waals surface area contributed by atoms with Crippen molar-refractivity contribution in [1.29, 1.82) is 0 Å². The Hall–Kier alpha value is -3.12. The maximum atomic E-state index is 5.91. The van der Waals surface area contributed by atoms with Gasteiger partial charge in [0.1, 0.15) is 0 Å². The van der Waals surface area contributed by atoms with E-state index in [2.05, 4.69) is 87.9 Å². The molecule has 2 N–H and O–H groups in total. The number of likely N-dealkylation sites (tertiary alicyclic amines) is 1. The Morgan fingerprint density at radius 1 is 1.09 bits per heavy atom. The average molecular weight is 432 g/mol. The van der Waals surface area contributed by atoms with Gasteiger partial charge in [-0.05, 0) is 37.8 Å². The van der Waals surface area contributed by atoms with Crippen molar-refractivity contribution in [1.82, 2.24) is 20.5 Å². The number of aromatic nitrogens is 1. The zero-order valence-electron chi connectivity index (χ0n) is 19.3. The second-order valence-electron chi connectivity index (χ2n) is 8.53. The number of hydrogen-bond donors (Lipinski definition) is 2. The highest BCUT2D eigenvalue weighted by Gasteiger charge is 2.20. The van der Waals surface area contributed by atoms with Gasteiger partial charge in [-0.3, -0.25) is 9.89 Å². The molecule has 0 bridgehead atoms. The lowest BCUT2D eigenvalue weighted by Crippen LogP contribution is -2.48. The molecular formula is C26H33N5O. The molecule has 6 heteroatoms. The number of piperidine rings is 1. The van der Waals surface area contributed by atoms with E-state index in [1.807, 2.05) is 0 Å². The van der Waals surface area contributed by atoms with Crippen LogP contribution in [-0.4, -0.2) is 42.0 Å². The molecule has 32 heavy (non-hydrogen) atoms. The fraction of sp³-hybridized carbons (Fsp3) is 0.385. The van der Waals surface area contributed by atoms with Crippen LogP contribution in [0.1, 0.15) is 35.4 Å². The molecule has 6 nitrogen and oxygen atoms in total. The highest BCUT2D eigenvalue weighted by Crippen LogP contribution is 2.21. The van der Waals surface area contributed by atoms with Crippen LogP contribution in [0, 0.1) is 13.8 Å². The molecule has 1 saturated heterocycles. The van der Waals surface area contributed by atoms with Gasteiger partial charge in [0, 0.05) is 38.3 Å². The Bertz CT molecular complexity index is 1030. The van der Waals surface area contributed by atoms with Crippen LogP contribution in [0.5, 0.6) is 0 Å². The first kappa shape index (κ1) is 22.1. The lowest BCUT2D eigenvalue weighted by atomic mass is 10.0. The van der Waals surface area contributed by atoms with E-state index in [9.17, 15) is 0 Å². The van der Waals surface area contributed by atoms with E-state index in [0.29, 0.717) is 18.5 Å². The van der Waals surface area contributed by atoms with Crippen LogP contribution in [0.15, 0.2) is 64.1 Å². The molecule has 0 spiro atoms. The summed E-state index contributed by atoms with van der Waals surface area (Å²) in [4.78, 5) is 11.3. The minimum atomic E-state index is 0.419.